The van der Waals surface area contributed by atoms with Crippen molar-refractivity contribution in [3.63, 3.8) is 0 Å². The Morgan fingerprint density at radius 3 is 2.39 bits per heavy atom. The first-order chi connectivity index (χ1) is 10.9. The molecule has 4 aliphatic rings. The van der Waals surface area contributed by atoms with Gasteiger partial charge in [-0.1, -0.05) is 13.8 Å². The van der Waals surface area contributed by atoms with Crippen molar-refractivity contribution in [1.82, 2.24) is 0 Å². The molecule has 0 radical (unpaired) electrons. The average Bonchev–Trinajstić information content (AvgIpc) is 2.86. The molecule has 4 rings (SSSR count). The molecule has 0 aliphatic heterocycles. The van der Waals surface area contributed by atoms with Gasteiger partial charge in [-0.25, -0.2) is 0 Å². The maximum atomic E-state index is 11.9. The van der Waals surface area contributed by atoms with E-state index in [4.69, 9.17) is 0 Å². The second kappa shape index (κ2) is 5.92. The van der Waals surface area contributed by atoms with E-state index in [9.17, 15) is 9.90 Å². The molecule has 4 saturated carbocycles. The van der Waals surface area contributed by atoms with Gasteiger partial charge < -0.3 is 5.11 Å². The van der Waals surface area contributed by atoms with Gasteiger partial charge in [-0.05, 0) is 79.4 Å². The first kappa shape index (κ1) is 17.0. The molecule has 0 saturated heterocycles. The van der Waals surface area contributed by atoms with Gasteiger partial charge in [0.25, 0.3) is 0 Å². The van der Waals surface area contributed by atoms with Crippen molar-refractivity contribution in [2.24, 2.45) is 34.5 Å². The van der Waals surface area contributed by atoms with Crippen LogP contribution in [-0.4, -0.2) is 17.0 Å². The predicted molar refractivity (Wildman–Crippen MR) is 92.6 cm³/mol. The summed E-state index contributed by atoms with van der Waals surface area (Å²) in [6.07, 6.45) is 18.0. The number of carbonyl (C=O) groups is 1. The zero-order valence-corrected chi connectivity index (χ0v) is 14.8. The minimum Gasteiger partial charge on any atom is -0.393 e. The molecule has 2 heteroatoms. The quantitative estimate of drug-likeness (QED) is 0.680. The number of fused-ring (bicyclic) bond motifs is 5. The first-order valence-electron chi connectivity index (χ1n) is 9.48. The van der Waals surface area contributed by atoms with E-state index < -0.39 is 0 Å². The van der Waals surface area contributed by atoms with Crippen molar-refractivity contribution in [3.05, 3.63) is 0 Å². The number of terminal acetylenes is 1. The van der Waals surface area contributed by atoms with Gasteiger partial charge in [0.15, 0.2) is 0 Å². The molecule has 1 N–H and O–H groups in total. The molecule has 23 heavy (non-hydrogen) atoms. The zero-order chi connectivity index (χ0) is 16.8. The lowest BCUT2D eigenvalue weighted by molar-refractivity contribution is -0.141. The standard InChI is InChI=1S/C19H30O2.C2H2/c1-18-9-7-13(20)11-12(18)3-4-14-15-5-6-17(21)19(15,2)10-8-16(14)18;1-2/h12,14-17,21H,3-11H2,1-2H3;1-2H. The van der Waals surface area contributed by atoms with Crippen molar-refractivity contribution in [2.45, 2.75) is 77.7 Å². The number of carbonyl (C=O) groups excluding carboxylic acids is 1. The normalized spacial score (nSPS) is 51.7. The van der Waals surface area contributed by atoms with Crippen LogP contribution in [0.2, 0.25) is 0 Å². The van der Waals surface area contributed by atoms with Crippen molar-refractivity contribution in [2.75, 3.05) is 0 Å². The van der Waals surface area contributed by atoms with Gasteiger partial charge in [0, 0.05) is 12.8 Å². The molecule has 0 heterocycles. The second-order valence-corrected chi connectivity index (χ2v) is 9.04. The lowest BCUT2D eigenvalue weighted by Gasteiger charge is -2.60. The third kappa shape index (κ3) is 2.39. The van der Waals surface area contributed by atoms with E-state index in [-0.39, 0.29) is 11.5 Å². The molecule has 0 bridgehead atoms. The molecule has 4 fully saturated rings. The molecule has 7 atom stereocenters. The van der Waals surface area contributed by atoms with Crippen LogP contribution in [0.25, 0.3) is 0 Å². The van der Waals surface area contributed by atoms with Gasteiger partial charge >= 0.3 is 0 Å². The molecule has 2 nitrogen and oxygen atoms in total. The minimum absolute atomic E-state index is 0.0677. The van der Waals surface area contributed by atoms with Crippen LogP contribution in [-0.2, 0) is 4.79 Å². The summed E-state index contributed by atoms with van der Waals surface area (Å²) in [6, 6.07) is 0. The molecule has 0 spiro atoms. The van der Waals surface area contributed by atoms with Crippen molar-refractivity contribution >= 4 is 5.78 Å². The van der Waals surface area contributed by atoms with Crippen LogP contribution >= 0.6 is 0 Å². The van der Waals surface area contributed by atoms with Crippen molar-refractivity contribution in [3.8, 4) is 12.8 Å². The Hall–Kier alpha value is -0.810. The van der Waals surface area contributed by atoms with Gasteiger partial charge in [-0.15, -0.1) is 12.8 Å². The highest BCUT2D eigenvalue weighted by Gasteiger charge is 2.59. The maximum Gasteiger partial charge on any atom is 0.133 e. The number of aliphatic hydroxyl groups is 1. The van der Waals surface area contributed by atoms with Crippen LogP contribution in [0.4, 0.5) is 0 Å². The van der Waals surface area contributed by atoms with E-state index in [0.29, 0.717) is 17.1 Å². The monoisotopic (exact) mass is 316 g/mol. The molecule has 128 valence electrons. The fraction of sp³-hybridized carbons (Fsp3) is 0.857. The SMILES string of the molecule is C#C.CC12CCC3C(CCC4CC(=O)CCC43C)C1CCC2O. The largest absolute Gasteiger partial charge is 0.393 e. The highest BCUT2D eigenvalue weighted by Crippen LogP contribution is 2.65. The average molecular weight is 316 g/mol. The molecular weight excluding hydrogens is 284 g/mol. The Morgan fingerprint density at radius 1 is 0.957 bits per heavy atom. The molecular formula is C21H32O2. The Kier molecular flexibility index (Phi) is 4.38. The summed E-state index contributed by atoms with van der Waals surface area (Å²) in [4.78, 5) is 11.9. The Balaban J connectivity index is 0.000000753. The summed E-state index contributed by atoms with van der Waals surface area (Å²) in [5, 5.41) is 10.5. The topological polar surface area (TPSA) is 37.3 Å². The van der Waals surface area contributed by atoms with Crippen LogP contribution in [0.15, 0.2) is 0 Å². The van der Waals surface area contributed by atoms with Gasteiger partial charge in [0.2, 0.25) is 0 Å². The number of hydrogen-bond acceptors (Lipinski definition) is 2. The van der Waals surface area contributed by atoms with E-state index in [1.165, 1.54) is 32.1 Å². The summed E-state index contributed by atoms with van der Waals surface area (Å²) in [7, 11) is 0. The van der Waals surface area contributed by atoms with E-state index >= 15 is 0 Å². The molecule has 0 aromatic heterocycles. The number of ketones is 1. The zero-order valence-electron chi connectivity index (χ0n) is 14.8. The van der Waals surface area contributed by atoms with Crippen LogP contribution in [0.5, 0.6) is 0 Å². The molecule has 4 aliphatic carbocycles. The van der Waals surface area contributed by atoms with Gasteiger partial charge in [0.05, 0.1) is 6.10 Å². The van der Waals surface area contributed by atoms with Crippen LogP contribution in [0, 0.1) is 47.3 Å². The Labute approximate surface area is 141 Å². The van der Waals surface area contributed by atoms with Crippen molar-refractivity contribution in [1.29, 1.82) is 0 Å². The predicted octanol–water partition coefficient (Wildman–Crippen LogP) is 4.21. The van der Waals surface area contributed by atoms with E-state index in [2.05, 4.69) is 26.7 Å². The third-order valence-electron chi connectivity index (χ3n) is 8.43. The van der Waals surface area contributed by atoms with Crippen LogP contribution < -0.4 is 0 Å². The molecule has 0 aromatic carbocycles. The first-order valence-corrected chi connectivity index (χ1v) is 9.48. The third-order valence-corrected chi connectivity index (χ3v) is 8.43. The summed E-state index contributed by atoms with van der Waals surface area (Å²) in [5.74, 6) is 3.52. The Bertz CT molecular complexity index is 495. The number of aliphatic hydroxyl groups excluding tert-OH is 1. The lowest BCUT2D eigenvalue weighted by atomic mass is 9.45. The van der Waals surface area contributed by atoms with E-state index in [1.807, 2.05) is 0 Å². The number of rotatable bonds is 0. The van der Waals surface area contributed by atoms with Crippen LogP contribution in [0.1, 0.15) is 71.6 Å². The summed E-state index contributed by atoms with van der Waals surface area (Å²) in [5.41, 5.74) is 0.598. The molecule has 0 amide bonds. The lowest BCUT2D eigenvalue weighted by Crippen LogP contribution is -2.54. The molecule has 7 unspecified atom stereocenters. The summed E-state index contributed by atoms with van der Waals surface area (Å²) >= 11 is 0. The summed E-state index contributed by atoms with van der Waals surface area (Å²) in [6.45, 7) is 4.85. The van der Waals surface area contributed by atoms with E-state index in [1.54, 1.807) is 0 Å². The number of hydrogen-bond donors (Lipinski definition) is 1. The molecule has 0 aromatic rings. The fourth-order valence-corrected chi connectivity index (χ4v) is 7.02. The van der Waals surface area contributed by atoms with Gasteiger partial charge in [-0.2, -0.15) is 0 Å². The second-order valence-electron chi connectivity index (χ2n) is 9.04. The van der Waals surface area contributed by atoms with Crippen LogP contribution in [0.3, 0.4) is 0 Å². The minimum atomic E-state index is -0.0677. The fourth-order valence-electron chi connectivity index (χ4n) is 7.02. The van der Waals surface area contributed by atoms with E-state index in [0.717, 1.165) is 43.4 Å². The van der Waals surface area contributed by atoms with Crippen molar-refractivity contribution < 1.29 is 9.90 Å². The summed E-state index contributed by atoms with van der Waals surface area (Å²) < 4.78 is 0. The smallest absolute Gasteiger partial charge is 0.133 e. The maximum absolute atomic E-state index is 11.9. The number of Topliss-reactive ketones (excluding diaryl/α,β-unsaturated/α-hetero) is 1. The Morgan fingerprint density at radius 2 is 1.65 bits per heavy atom. The van der Waals surface area contributed by atoms with Gasteiger partial charge in [0.1, 0.15) is 5.78 Å². The highest BCUT2D eigenvalue weighted by atomic mass is 16.3. The van der Waals surface area contributed by atoms with Gasteiger partial charge in [-0.3, -0.25) is 4.79 Å². The highest BCUT2D eigenvalue weighted by molar-refractivity contribution is 5.79.